The second-order valence-electron chi connectivity index (χ2n) is 4.88. The van der Waals surface area contributed by atoms with Gasteiger partial charge in [0.15, 0.2) is 0 Å². The van der Waals surface area contributed by atoms with Crippen LogP contribution >= 0.6 is 0 Å². The highest BCUT2D eigenvalue weighted by molar-refractivity contribution is 5.47. The average Bonchev–Trinajstić information content (AvgIpc) is 2.45. The number of ether oxygens (including phenoxy) is 1. The molecule has 0 radical (unpaired) electrons. The van der Waals surface area contributed by atoms with Crippen molar-refractivity contribution in [2.75, 3.05) is 38.8 Å². The molecule has 0 bridgehead atoms. The third kappa shape index (κ3) is 5.21. The first-order chi connectivity index (χ1) is 9.22. The van der Waals surface area contributed by atoms with E-state index in [1.807, 2.05) is 0 Å². The number of methoxy groups -OCH3 is 1. The molecule has 1 N–H and O–H groups in total. The van der Waals surface area contributed by atoms with Crippen molar-refractivity contribution in [3.8, 4) is 0 Å². The van der Waals surface area contributed by atoms with Crippen LogP contribution in [0.2, 0.25) is 0 Å². The van der Waals surface area contributed by atoms with Gasteiger partial charge in [0.1, 0.15) is 0 Å². The van der Waals surface area contributed by atoms with Gasteiger partial charge in [-0.25, -0.2) is 0 Å². The molecule has 0 aromatic heterocycles. The highest BCUT2D eigenvalue weighted by Gasteiger charge is 2.08. The fourth-order valence-corrected chi connectivity index (χ4v) is 2.28. The van der Waals surface area contributed by atoms with Crippen LogP contribution in [0, 0.1) is 0 Å². The minimum Gasteiger partial charge on any atom is -0.385 e. The van der Waals surface area contributed by atoms with Crippen LogP contribution in [-0.2, 0) is 4.74 Å². The highest BCUT2D eigenvalue weighted by Crippen LogP contribution is 2.20. The molecule has 108 valence electrons. The second-order valence-corrected chi connectivity index (χ2v) is 4.88. The molecular weight excluding hydrogens is 236 g/mol. The lowest BCUT2D eigenvalue weighted by Gasteiger charge is -2.21. The van der Waals surface area contributed by atoms with E-state index in [1.54, 1.807) is 7.11 Å². The van der Waals surface area contributed by atoms with Gasteiger partial charge in [-0.1, -0.05) is 26.0 Å². The monoisotopic (exact) mass is 264 g/mol. The SMILES string of the molecule is CCNC(CC)c1ccc(N(C)CCCOC)cc1. The van der Waals surface area contributed by atoms with E-state index < -0.39 is 0 Å². The molecular formula is C16H28N2O. The van der Waals surface area contributed by atoms with E-state index in [9.17, 15) is 0 Å². The summed E-state index contributed by atoms with van der Waals surface area (Å²) in [6.07, 6.45) is 2.18. The minimum absolute atomic E-state index is 0.470. The van der Waals surface area contributed by atoms with Gasteiger partial charge in [0.2, 0.25) is 0 Å². The maximum absolute atomic E-state index is 5.09. The second kappa shape index (κ2) is 8.94. The van der Waals surface area contributed by atoms with Gasteiger partial charge < -0.3 is 15.0 Å². The number of nitrogens with one attached hydrogen (secondary N) is 1. The van der Waals surface area contributed by atoms with Crippen molar-refractivity contribution in [2.24, 2.45) is 0 Å². The largest absolute Gasteiger partial charge is 0.385 e. The summed E-state index contributed by atoms with van der Waals surface area (Å²) in [7, 11) is 3.88. The smallest absolute Gasteiger partial charge is 0.0479 e. The molecule has 1 aromatic carbocycles. The molecule has 0 amide bonds. The zero-order chi connectivity index (χ0) is 14.1. The first-order valence-electron chi connectivity index (χ1n) is 7.26. The van der Waals surface area contributed by atoms with Crippen molar-refractivity contribution >= 4 is 5.69 Å². The van der Waals surface area contributed by atoms with E-state index >= 15 is 0 Å². The Kier molecular flexibility index (Phi) is 7.53. The molecule has 0 saturated carbocycles. The lowest BCUT2D eigenvalue weighted by atomic mass is 10.0. The molecule has 1 atom stereocenters. The molecule has 0 saturated heterocycles. The molecule has 3 heteroatoms. The summed E-state index contributed by atoms with van der Waals surface area (Å²) in [5, 5.41) is 3.51. The van der Waals surface area contributed by atoms with E-state index in [-0.39, 0.29) is 0 Å². The van der Waals surface area contributed by atoms with Gasteiger partial charge in [0.05, 0.1) is 0 Å². The first-order valence-corrected chi connectivity index (χ1v) is 7.26. The summed E-state index contributed by atoms with van der Waals surface area (Å²) in [4.78, 5) is 2.27. The Balaban J connectivity index is 2.59. The number of hydrogen-bond acceptors (Lipinski definition) is 3. The standard InChI is InChI=1S/C16H28N2O/c1-5-16(17-6-2)14-8-10-15(11-9-14)18(3)12-7-13-19-4/h8-11,16-17H,5-7,12-13H2,1-4H3. The van der Waals surface area contributed by atoms with E-state index in [2.05, 4.69) is 55.4 Å². The van der Waals surface area contributed by atoms with Crippen molar-refractivity contribution in [3.05, 3.63) is 29.8 Å². The summed E-state index contributed by atoms with van der Waals surface area (Å²) in [6.45, 7) is 7.23. The topological polar surface area (TPSA) is 24.5 Å². The molecule has 0 aliphatic rings. The lowest BCUT2D eigenvalue weighted by Crippen LogP contribution is -2.21. The summed E-state index contributed by atoms with van der Waals surface area (Å²) >= 11 is 0. The van der Waals surface area contributed by atoms with Gasteiger partial charge in [-0.05, 0) is 37.1 Å². The molecule has 1 unspecified atom stereocenters. The maximum Gasteiger partial charge on any atom is 0.0479 e. The molecule has 0 aliphatic carbocycles. The number of rotatable bonds is 9. The van der Waals surface area contributed by atoms with Crippen LogP contribution < -0.4 is 10.2 Å². The van der Waals surface area contributed by atoms with Crippen molar-refractivity contribution < 1.29 is 4.74 Å². The Labute approximate surface area is 118 Å². The highest BCUT2D eigenvalue weighted by atomic mass is 16.5. The molecule has 0 heterocycles. The maximum atomic E-state index is 5.09. The minimum atomic E-state index is 0.470. The summed E-state index contributed by atoms with van der Waals surface area (Å²) < 4.78 is 5.09. The Bertz CT molecular complexity index is 337. The first kappa shape index (κ1) is 16.0. The molecule has 1 aromatic rings. The zero-order valence-corrected chi connectivity index (χ0v) is 12.8. The van der Waals surface area contributed by atoms with Gasteiger partial charge in [-0.3, -0.25) is 0 Å². The fraction of sp³-hybridized carbons (Fsp3) is 0.625. The van der Waals surface area contributed by atoms with Crippen molar-refractivity contribution in [1.82, 2.24) is 5.32 Å². The van der Waals surface area contributed by atoms with Gasteiger partial charge in [-0.2, -0.15) is 0 Å². The Morgan fingerprint density at radius 3 is 2.42 bits per heavy atom. The summed E-state index contributed by atoms with van der Waals surface area (Å²) in [5.74, 6) is 0. The van der Waals surface area contributed by atoms with Crippen LogP contribution in [0.4, 0.5) is 5.69 Å². The van der Waals surface area contributed by atoms with Crippen LogP contribution in [0.15, 0.2) is 24.3 Å². The third-order valence-corrected chi connectivity index (χ3v) is 3.44. The van der Waals surface area contributed by atoms with E-state index in [1.165, 1.54) is 11.3 Å². The van der Waals surface area contributed by atoms with Crippen LogP contribution in [0.5, 0.6) is 0 Å². The predicted molar refractivity (Wildman–Crippen MR) is 82.9 cm³/mol. The summed E-state index contributed by atoms with van der Waals surface area (Å²) in [5.41, 5.74) is 2.64. The van der Waals surface area contributed by atoms with E-state index in [4.69, 9.17) is 4.74 Å². The van der Waals surface area contributed by atoms with Gasteiger partial charge in [-0.15, -0.1) is 0 Å². The lowest BCUT2D eigenvalue weighted by molar-refractivity contribution is 0.196. The molecule has 0 fully saturated rings. The molecule has 1 rings (SSSR count). The Morgan fingerprint density at radius 2 is 1.89 bits per heavy atom. The van der Waals surface area contributed by atoms with Crippen LogP contribution in [0.1, 0.15) is 38.3 Å². The number of nitrogens with zero attached hydrogens (tertiary/aromatic N) is 1. The normalized spacial score (nSPS) is 12.4. The van der Waals surface area contributed by atoms with Crippen LogP contribution in [0.3, 0.4) is 0 Å². The van der Waals surface area contributed by atoms with E-state index in [0.717, 1.165) is 32.5 Å². The average molecular weight is 264 g/mol. The number of hydrogen-bond donors (Lipinski definition) is 1. The van der Waals surface area contributed by atoms with Crippen molar-refractivity contribution in [1.29, 1.82) is 0 Å². The summed E-state index contributed by atoms with van der Waals surface area (Å²) in [6, 6.07) is 9.36. The zero-order valence-electron chi connectivity index (χ0n) is 12.8. The van der Waals surface area contributed by atoms with Gasteiger partial charge >= 0.3 is 0 Å². The van der Waals surface area contributed by atoms with Crippen molar-refractivity contribution in [3.63, 3.8) is 0 Å². The predicted octanol–water partition coefficient (Wildman–Crippen LogP) is 3.22. The Morgan fingerprint density at radius 1 is 1.21 bits per heavy atom. The quantitative estimate of drug-likeness (QED) is 0.693. The van der Waals surface area contributed by atoms with Gasteiger partial charge in [0.25, 0.3) is 0 Å². The van der Waals surface area contributed by atoms with Gasteiger partial charge in [0, 0.05) is 39.0 Å². The third-order valence-electron chi connectivity index (χ3n) is 3.44. The molecule has 3 nitrogen and oxygen atoms in total. The molecule has 0 aliphatic heterocycles. The molecule has 0 spiro atoms. The number of benzene rings is 1. The number of anilines is 1. The van der Waals surface area contributed by atoms with Crippen molar-refractivity contribution in [2.45, 2.75) is 32.7 Å². The van der Waals surface area contributed by atoms with E-state index in [0.29, 0.717) is 6.04 Å². The Hall–Kier alpha value is -1.06. The van der Waals surface area contributed by atoms with Crippen LogP contribution in [-0.4, -0.2) is 33.9 Å². The molecule has 19 heavy (non-hydrogen) atoms. The fourth-order valence-electron chi connectivity index (χ4n) is 2.28. The van der Waals surface area contributed by atoms with Crippen LogP contribution in [0.25, 0.3) is 0 Å².